The molecule has 0 rings (SSSR count). The molecule has 124 valence electrons. The molecule has 0 aliphatic carbocycles. The Bertz CT molecular complexity index is 312. The minimum Gasteiger partial charge on any atom is -0.466 e. The van der Waals surface area contributed by atoms with Crippen LogP contribution in [0.1, 0.15) is 32.1 Å². The van der Waals surface area contributed by atoms with E-state index in [1.807, 2.05) is 0 Å². The fourth-order valence-electron chi connectivity index (χ4n) is 1.36. The number of methoxy groups -OCH3 is 1. The SMILES string of the molecule is C=CCCCCC(F)(SCCC(F)(F)F)C(=O)OC.O=O. The molecule has 1 unspecified atom stereocenters. The van der Waals surface area contributed by atoms with Gasteiger partial charge in [-0.2, -0.15) is 13.2 Å². The summed E-state index contributed by atoms with van der Waals surface area (Å²) in [5.74, 6) is -1.63. The third kappa shape index (κ3) is 11.2. The maximum absolute atomic E-state index is 14.3. The number of alkyl halides is 4. The molecule has 1 atom stereocenters. The van der Waals surface area contributed by atoms with Gasteiger partial charge < -0.3 is 4.74 Å². The molecule has 0 saturated carbocycles. The van der Waals surface area contributed by atoms with Gasteiger partial charge in [-0.05, 0) is 19.3 Å². The molecule has 0 aromatic heterocycles. The Labute approximate surface area is 124 Å². The van der Waals surface area contributed by atoms with Crippen LogP contribution in [-0.2, 0) is 9.53 Å². The van der Waals surface area contributed by atoms with Gasteiger partial charge >= 0.3 is 12.1 Å². The molecule has 0 saturated heterocycles. The molecule has 0 aromatic rings. The van der Waals surface area contributed by atoms with Gasteiger partial charge in [-0.15, -0.1) is 18.3 Å². The van der Waals surface area contributed by atoms with Crippen molar-refractivity contribution in [1.29, 1.82) is 0 Å². The van der Waals surface area contributed by atoms with Crippen LogP contribution in [0.15, 0.2) is 12.7 Å². The summed E-state index contributed by atoms with van der Waals surface area (Å²) >= 11 is 0.354. The van der Waals surface area contributed by atoms with Crippen molar-refractivity contribution in [3.05, 3.63) is 22.6 Å². The lowest BCUT2D eigenvalue weighted by molar-refractivity contribution is -0.149. The molecule has 0 spiro atoms. The molecule has 4 nitrogen and oxygen atoms in total. The highest BCUT2D eigenvalue weighted by Crippen LogP contribution is 2.36. The molecule has 0 aliphatic rings. The quantitative estimate of drug-likeness (QED) is 0.272. The van der Waals surface area contributed by atoms with Crippen LogP contribution in [0.3, 0.4) is 0 Å². The summed E-state index contributed by atoms with van der Waals surface area (Å²) < 4.78 is 54.6. The summed E-state index contributed by atoms with van der Waals surface area (Å²) in [6.07, 6.45) is -2.29. The first-order valence-electron chi connectivity index (χ1n) is 6.01. The van der Waals surface area contributed by atoms with Gasteiger partial charge in [0.15, 0.2) is 0 Å². The average molecular weight is 334 g/mol. The fraction of sp³-hybridized carbons (Fsp3) is 0.750. The molecule has 0 bridgehead atoms. The number of hydrogen-bond acceptors (Lipinski definition) is 5. The normalized spacial score (nSPS) is 13.6. The van der Waals surface area contributed by atoms with Crippen molar-refractivity contribution in [2.45, 2.75) is 43.3 Å². The number of ether oxygens (including phenoxy) is 1. The predicted octanol–water partition coefficient (Wildman–Crippen LogP) is 4.32. The minimum atomic E-state index is -4.35. The Kier molecular flexibility index (Phi) is 12.2. The topological polar surface area (TPSA) is 60.4 Å². The first-order chi connectivity index (χ1) is 9.75. The minimum absolute atomic E-state index is 0.157. The van der Waals surface area contributed by atoms with Gasteiger partial charge in [0.1, 0.15) is 0 Å². The molecule has 0 aliphatic heterocycles. The summed E-state index contributed by atoms with van der Waals surface area (Å²) in [6, 6.07) is 0. The van der Waals surface area contributed by atoms with Crippen molar-refractivity contribution < 1.29 is 27.1 Å². The number of hydrogen-bond donors (Lipinski definition) is 0. The highest BCUT2D eigenvalue weighted by molar-refractivity contribution is 8.01. The van der Waals surface area contributed by atoms with E-state index in [9.17, 15) is 22.4 Å². The number of halogens is 4. The molecule has 21 heavy (non-hydrogen) atoms. The Morgan fingerprint density at radius 1 is 1.19 bits per heavy atom. The Morgan fingerprint density at radius 3 is 2.19 bits per heavy atom. The van der Waals surface area contributed by atoms with Crippen molar-refractivity contribution in [3.63, 3.8) is 0 Å². The van der Waals surface area contributed by atoms with E-state index in [-0.39, 0.29) is 6.42 Å². The Hall–Kier alpha value is -1.12. The van der Waals surface area contributed by atoms with Crippen LogP contribution in [-0.4, -0.2) is 30.0 Å². The fourth-order valence-corrected chi connectivity index (χ4v) is 2.50. The lowest BCUT2D eigenvalue weighted by atomic mass is 10.1. The second-order valence-electron chi connectivity index (χ2n) is 3.97. The van der Waals surface area contributed by atoms with E-state index in [0.717, 1.165) is 7.11 Å². The Balaban J connectivity index is 0. The number of carbonyl (C=O) groups excluding carboxylic acids is 1. The summed E-state index contributed by atoms with van der Waals surface area (Å²) in [7, 11) is 1.02. The van der Waals surface area contributed by atoms with Crippen molar-refractivity contribution in [1.82, 2.24) is 0 Å². The second kappa shape index (κ2) is 11.5. The van der Waals surface area contributed by atoms with E-state index in [4.69, 9.17) is 9.93 Å². The van der Waals surface area contributed by atoms with E-state index >= 15 is 0 Å². The second-order valence-corrected chi connectivity index (χ2v) is 5.31. The molecule has 0 heterocycles. The van der Waals surface area contributed by atoms with Crippen LogP contribution < -0.4 is 0 Å². The smallest absolute Gasteiger partial charge is 0.389 e. The van der Waals surface area contributed by atoms with Crippen LogP contribution in [0.25, 0.3) is 0 Å². The average Bonchev–Trinajstić information content (AvgIpc) is 2.43. The van der Waals surface area contributed by atoms with Gasteiger partial charge in [0.2, 0.25) is 0 Å². The van der Waals surface area contributed by atoms with Gasteiger partial charge in [0.05, 0.1) is 13.5 Å². The monoisotopic (exact) mass is 334 g/mol. The number of allylic oxidation sites excluding steroid dienone is 1. The van der Waals surface area contributed by atoms with Crippen LogP contribution >= 0.6 is 11.8 Å². The molecule has 0 N–H and O–H groups in total. The summed E-state index contributed by atoms with van der Waals surface area (Å²) in [5, 5.41) is -2.40. The lowest BCUT2D eigenvalue weighted by Gasteiger charge is -2.22. The van der Waals surface area contributed by atoms with Crippen LogP contribution in [0.2, 0.25) is 0 Å². The molecular formula is C12H18F4O4S. The molecule has 0 radical (unpaired) electrons. The van der Waals surface area contributed by atoms with Crippen molar-refractivity contribution >= 4 is 17.7 Å². The number of rotatable bonds is 9. The zero-order valence-electron chi connectivity index (χ0n) is 11.6. The van der Waals surface area contributed by atoms with Crippen molar-refractivity contribution in [2.24, 2.45) is 0 Å². The van der Waals surface area contributed by atoms with E-state index < -0.39 is 29.3 Å². The highest BCUT2D eigenvalue weighted by Gasteiger charge is 2.41. The highest BCUT2D eigenvalue weighted by atomic mass is 32.2. The number of esters is 1. The van der Waals surface area contributed by atoms with Crippen LogP contribution in [0, 0.1) is 9.93 Å². The van der Waals surface area contributed by atoms with Crippen LogP contribution in [0.5, 0.6) is 0 Å². The van der Waals surface area contributed by atoms with Gasteiger partial charge in [-0.3, -0.25) is 0 Å². The lowest BCUT2D eigenvalue weighted by Crippen LogP contribution is -2.32. The van der Waals surface area contributed by atoms with E-state index in [0.29, 0.717) is 31.0 Å². The summed E-state index contributed by atoms with van der Waals surface area (Å²) in [5.41, 5.74) is 0. The van der Waals surface area contributed by atoms with Crippen LogP contribution in [0.4, 0.5) is 17.6 Å². The van der Waals surface area contributed by atoms with Crippen molar-refractivity contribution in [3.8, 4) is 0 Å². The van der Waals surface area contributed by atoms with Crippen molar-refractivity contribution in [2.75, 3.05) is 12.9 Å². The standard InChI is InChI=1S/C12H18F4O2S.O2/c1-3-4-5-6-7-11(13,10(17)18-2)19-9-8-12(14,15)16;1-2/h3H,1,4-9H2,2H3;. The summed E-state index contributed by atoms with van der Waals surface area (Å²) in [4.78, 5) is 25.3. The third-order valence-electron chi connectivity index (χ3n) is 2.36. The van der Waals surface area contributed by atoms with Gasteiger partial charge in [0.25, 0.3) is 5.00 Å². The van der Waals surface area contributed by atoms with E-state index in [1.165, 1.54) is 0 Å². The largest absolute Gasteiger partial charge is 0.466 e. The Morgan fingerprint density at radius 2 is 1.76 bits per heavy atom. The van der Waals surface area contributed by atoms with Gasteiger partial charge in [-0.1, -0.05) is 6.08 Å². The van der Waals surface area contributed by atoms with E-state index in [2.05, 4.69) is 11.3 Å². The number of carbonyl (C=O) groups is 1. The summed E-state index contributed by atoms with van der Waals surface area (Å²) in [6.45, 7) is 3.51. The number of unbranched alkanes of at least 4 members (excludes halogenated alkanes) is 2. The number of thioether (sulfide) groups is 1. The molecular weight excluding hydrogens is 316 g/mol. The predicted molar refractivity (Wildman–Crippen MR) is 74.4 cm³/mol. The molecule has 0 aromatic carbocycles. The van der Waals surface area contributed by atoms with Gasteiger partial charge in [-0.25, -0.2) is 9.18 Å². The maximum atomic E-state index is 14.3. The molecule has 0 fully saturated rings. The first kappa shape index (κ1) is 22.2. The molecule has 0 amide bonds. The zero-order chi connectivity index (χ0) is 16.9. The van der Waals surface area contributed by atoms with E-state index in [1.54, 1.807) is 6.08 Å². The molecule has 9 heteroatoms. The maximum Gasteiger partial charge on any atom is 0.389 e. The first-order valence-corrected chi connectivity index (χ1v) is 6.99. The third-order valence-corrected chi connectivity index (χ3v) is 3.60. The van der Waals surface area contributed by atoms with Gasteiger partial charge in [0, 0.05) is 22.1 Å². The zero-order valence-corrected chi connectivity index (χ0v) is 12.4.